The van der Waals surface area contributed by atoms with E-state index in [1.54, 1.807) is 6.33 Å². The van der Waals surface area contributed by atoms with Crippen LogP contribution in [0.2, 0.25) is 0 Å². The Kier molecular flexibility index (Phi) is 7.64. The summed E-state index contributed by atoms with van der Waals surface area (Å²) in [5.41, 5.74) is 1.44. The van der Waals surface area contributed by atoms with Gasteiger partial charge in [0, 0.05) is 32.6 Å². The number of benzene rings is 1. The van der Waals surface area contributed by atoms with Gasteiger partial charge in [0.15, 0.2) is 5.96 Å². The first kappa shape index (κ1) is 20.1. The van der Waals surface area contributed by atoms with Crippen molar-refractivity contribution in [3.8, 4) is 0 Å². The van der Waals surface area contributed by atoms with E-state index in [9.17, 15) is 0 Å². The zero-order valence-corrected chi connectivity index (χ0v) is 16.9. The van der Waals surface area contributed by atoms with Gasteiger partial charge >= 0.3 is 0 Å². The zero-order chi connectivity index (χ0) is 19.6. The molecule has 1 saturated heterocycles. The van der Waals surface area contributed by atoms with Crippen molar-refractivity contribution in [2.45, 2.75) is 39.2 Å². The predicted octanol–water partition coefficient (Wildman–Crippen LogP) is 2.93. The molecule has 0 bridgehead atoms. The Morgan fingerprint density at radius 3 is 2.79 bits per heavy atom. The first-order chi connectivity index (χ1) is 13.8. The fourth-order valence-corrected chi connectivity index (χ4v) is 3.73. The molecule has 28 heavy (non-hydrogen) atoms. The van der Waals surface area contributed by atoms with Crippen LogP contribution in [0.25, 0.3) is 0 Å². The van der Waals surface area contributed by atoms with Gasteiger partial charge in [-0.1, -0.05) is 43.3 Å². The molecule has 0 atom stereocenters. The van der Waals surface area contributed by atoms with Crippen LogP contribution in [0.3, 0.4) is 0 Å². The highest BCUT2D eigenvalue weighted by Crippen LogP contribution is 2.21. The molecule has 2 heterocycles. The lowest BCUT2D eigenvalue weighted by Crippen LogP contribution is -2.46. The molecular formula is C22H32N6. The van der Waals surface area contributed by atoms with Gasteiger partial charge in [-0.3, -0.25) is 4.99 Å². The van der Waals surface area contributed by atoms with E-state index in [1.165, 1.54) is 24.8 Å². The number of aliphatic imine (C=N–C) groups is 1. The summed E-state index contributed by atoms with van der Waals surface area (Å²) in [6.07, 6.45) is 8.14. The number of aromatic nitrogens is 3. The maximum absolute atomic E-state index is 4.85. The van der Waals surface area contributed by atoms with Crippen molar-refractivity contribution < 1.29 is 0 Å². The molecule has 0 spiro atoms. The van der Waals surface area contributed by atoms with Crippen LogP contribution in [0, 0.1) is 5.92 Å². The molecular weight excluding hydrogens is 348 g/mol. The van der Waals surface area contributed by atoms with E-state index in [-0.39, 0.29) is 0 Å². The highest BCUT2D eigenvalue weighted by molar-refractivity contribution is 5.80. The van der Waals surface area contributed by atoms with E-state index < -0.39 is 0 Å². The first-order valence-electron chi connectivity index (χ1n) is 10.3. The van der Waals surface area contributed by atoms with Gasteiger partial charge in [-0.2, -0.15) is 0 Å². The Morgan fingerprint density at radius 1 is 1.29 bits per heavy atom. The van der Waals surface area contributed by atoms with Crippen molar-refractivity contribution in [3.63, 3.8) is 0 Å². The van der Waals surface area contributed by atoms with Crippen molar-refractivity contribution in [1.82, 2.24) is 25.0 Å². The van der Waals surface area contributed by atoms with Gasteiger partial charge in [-0.25, -0.2) is 0 Å². The van der Waals surface area contributed by atoms with Gasteiger partial charge in [0.05, 0.1) is 6.54 Å². The molecule has 1 aliphatic heterocycles. The summed E-state index contributed by atoms with van der Waals surface area (Å²) in [7, 11) is 0. The predicted molar refractivity (Wildman–Crippen MR) is 114 cm³/mol. The largest absolute Gasteiger partial charge is 0.353 e. The van der Waals surface area contributed by atoms with Gasteiger partial charge in [0.1, 0.15) is 12.2 Å². The van der Waals surface area contributed by atoms with Gasteiger partial charge in [0.25, 0.3) is 0 Å². The topological polar surface area (TPSA) is 58.3 Å². The standard InChI is InChI=1S/C22H32N6/c1-3-12-23-22(24-13-16-28-18-25-26-21(28)4-2)27-14-10-20(11-15-27)17-19-8-6-5-7-9-19/h3,5-9,18,20H,1,4,10-17H2,2H3,(H,23,24). The van der Waals surface area contributed by atoms with Crippen LogP contribution in [0.1, 0.15) is 31.2 Å². The molecule has 1 aromatic carbocycles. The van der Waals surface area contributed by atoms with E-state index in [4.69, 9.17) is 4.99 Å². The maximum atomic E-state index is 4.85. The van der Waals surface area contributed by atoms with Crippen molar-refractivity contribution in [3.05, 3.63) is 60.7 Å². The fraction of sp³-hybridized carbons (Fsp3) is 0.500. The van der Waals surface area contributed by atoms with Crippen molar-refractivity contribution >= 4 is 5.96 Å². The van der Waals surface area contributed by atoms with Gasteiger partial charge in [0.2, 0.25) is 0 Å². The van der Waals surface area contributed by atoms with Crippen molar-refractivity contribution in [2.75, 3.05) is 26.2 Å². The third-order valence-corrected chi connectivity index (χ3v) is 5.30. The molecule has 0 unspecified atom stereocenters. The highest BCUT2D eigenvalue weighted by atomic mass is 15.3. The van der Waals surface area contributed by atoms with E-state index in [0.717, 1.165) is 50.3 Å². The molecule has 2 aromatic rings. The summed E-state index contributed by atoms with van der Waals surface area (Å²) >= 11 is 0. The number of nitrogens with zero attached hydrogens (tertiary/aromatic N) is 5. The quantitative estimate of drug-likeness (QED) is 0.435. The van der Waals surface area contributed by atoms with Crippen molar-refractivity contribution in [2.24, 2.45) is 10.9 Å². The minimum absolute atomic E-state index is 0.717. The molecule has 6 nitrogen and oxygen atoms in total. The lowest BCUT2D eigenvalue weighted by molar-refractivity contribution is 0.259. The summed E-state index contributed by atoms with van der Waals surface area (Å²) < 4.78 is 2.08. The molecule has 1 fully saturated rings. The van der Waals surface area contributed by atoms with Crippen LogP contribution < -0.4 is 5.32 Å². The van der Waals surface area contributed by atoms with Crippen LogP contribution in [0.15, 0.2) is 54.3 Å². The molecule has 0 amide bonds. The molecule has 0 aliphatic carbocycles. The Balaban J connectivity index is 1.53. The van der Waals surface area contributed by atoms with Crippen LogP contribution >= 0.6 is 0 Å². The second-order valence-corrected chi connectivity index (χ2v) is 7.29. The molecule has 150 valence electrons. The number of guanidine groups is 1. The number of hydrogen-bond acceptors (Lipinski definition) is 3. The second kappa shape index (κ2) is 10.6. The molecule has 1 aromatic heterocycles. The van der Waals surface area contributed by atoms with Crippen LogP contribution in [-0.4, -0.2) is 51.8 Å². The third kappa shape index (κ3) is 5.68. The number of likely N-dealkylation sites (tertiary alicyclic amines) is 1. The SMILES string of the molecule is C=CCNC(=NCCn1cnnc1CC)N1CCC(Cc2ccccc2)CC1. The van der Waals surface area contributed by atoms with Gasteiger partial charge < -0.3 is 14.8 Å². The Bertz CT molecular complexity index is 743. The monoisotopic (exact) mass is 380 g/mol. The molecule has 0 saturated carbocycles. The van der Waals surface area contributed by atoms with Gasteiger partial charge in [-0.05, 0) is 30.7 Å². The number of piperidine rings is 1. The minimum Gasteiger partial charge on any atom is -0.353 e. The Morgan fingerprint density at radius 2 is 2.07 bits per heavy atom. The number of nitrogens with one attached hydrogen (secondary N) is 1. The molecule has 1 N–H and O–H groups in total. The van der Waals surface area contributed by atoms with Gasteiger partial charge in [-0.15, -0.1) is 16.8 Å². The zero-order valence-electron chi connectivity index (χ0n) is 16.9. The average Bonchev–Trinajstić information content (AvgIpc) is 3.19. The average molecular weight is 381 g/mol. The van der Waals surface area contributed by atoms with Crippen molar-refractivity contribution in [1.29, 1.82) is 0 Å². The highest BCUT2D eigenvalue weighted by Gasteiger charge is 2.21. The van der Waals surface area contributed by atoms with Crippen LogP contribution in [0.4, 0.5) is 0 Å². The minimum atomic E-state index is 0.717. The number of hydrogen-bond donors (Lipinski definition) is 1. The van der Waals surface area contributed by atoms with E-state index in [1.807, 2.05) is 6.08 Å². The summed E-state index contributed by atoms with van der Waals surface area (Å²) in [5.74, 6) is 2.75. The second-order valence-electron chi connectivity index (χ2n) is 7.29. The molecule has 3 rings (SSSR count). The lowest BCUT2D eigenvalue weighted by Gasteiger charge is -2.34. The first-order valence-corrected chi connectivity index (χ1v) is 10.3. The summed E-state index contributed by atoms with van der Waals surface area (Å²) in [6, 6.07) is 10.8. The molecule has 0 radical (unpaired) electrons. The number of aryl methyl sites for hydroxylation is 1. The summed E-state index contributed by atoms with van der Waals surface area (Å²) in [5, 5.41) is 11.6. The molecule has 6 heteroatoms. The van der Waals surface area contributed by atoms with E-state index >= 15 is 0 Å². The Labute approximate surface area is 168 Å². The third-order valence-electron chi connectivity index (χ3n) is 5.30. The lowest BCUT2D eigenvalue weighted by atomic mass is 9.90. The smallest absolute Gasteiger partial charge is 0.194 e. The molecule has 1 aliphatic rings. The van der Waals surface area contributed by atoms with E-state index in [0.29, 0.717) is 6.54 Å². The maximum Gasteiger partial charge on any atom is 0.194 e. The number of rotatable bonds is 8. The van der Waals surface area contributed by atoms with E-state index in [2.05, 4.69) is 68.8 Å². The summed E-state index contributed by atoms with van der Waals surface area (Å²) in [6.45, 7) is 10.3. The normalized spacial score (nSPS) is 15.6. The fourth-order valence-electron chi connectivity index (χ4n) is 3.73. The van der Waals surface area contributed by atoms with Crippen LogP contribution in [-0.2, 0) is 19.4 Å². The Hall–Kier alpha value is -2.63. The van der Waals surface area contributed by atoms with Crippen LogP contribution in [0.5, 0.6) is 0 Å². The summed E-state index contributed by atoms with van der Waals surface area (Å²) in [4.78, 5) is 7.24.